The van der Waals surface area contributed by atoms with Gasteiger partial charge in [-0.05, 0) is 63.1 Å². The second-order valence-corrected chi connectivity index (χ2v) is 7.04. The summed E-state index contributed by atoms with van der Waals surface area (Å²) in [5.41, 5.74) is 4.95. The molecule has 0 bridgehead atoms. The van der Waals surface area contributed by atoms with Gasteiger partial charge in [-0.25, -0.2) is 0 Å². The Morgan fingerprint density at radius 1 is 0.893 bits per heavy atom. The van der Waals surface area contributed by atoms with Crippen molar-refractivity contribution in [2.45, 2.75) is 33.7 Å². The van der Waals surface area contributed by atoms with Crippen molar-refractivity contribution in [2.75, 3.05) is 10.6 Å². The maximum absolute atomic E-state index is 12.8. The van der Waals surface area contributed by atoms with E-state index in [2.05, 4.69) is 29.7 Å². The van der Waals surface area contributed by atoms with Crippen molar-refractivity contribution in [3.05, 3.63) is 83.4 Å². The van der Waals surface area contributed by atoms with Crippen molar-refractivity contribution in [1.29, 1.82) is 0 Å². The van der Waals surface area contributed by atoms with Crippen LogP contribution in [0.1, 0.15) is 23.6 Å². The summed E-state index contributed by atoms with van der Waals surface area (Å²) in [5.74, 6) is 1.33. The Bertz CT molecular complexity index is 944. The maximum atomic E-state index is 12.8. The lowest BCUT2D eigenvalue weighted by molar-refractivity contribution is -0.116. The number of hydrogen-bond acceptors (Lipinski definition) is 3. The number of anilines is 2. The standard InChI is InChI=1S/C24H26N2O2/c1-16-14-17(2)23(18(3)15-16)26-24(27)19(4)25-21-12-8-9-13-22(21)28-20-10-6-5-7-11-20/h5-15,19,25H,1-4H3,(H,26,27)/t19-/m0/s1. The van der Waals surface area contributed by atoms with E-state index in [-0.39, 0.29) is 5.91 Å². The number of amides is 1. The monoisotopic (exact) mass is 374 g/mol. The molecule has 0 aliphatic rings. The summed E-state index contributed by atoms with van der Waals surface area (Å²) in [5, 5.41) is 6.32. The van der Waals surface area contributed by atoms with Crippen molar-refractivity contribution in [3.63, 3.8) is 0 Å². The van der Waals surface area contributed by atoms with Crippen molar-refractivity contribution >= 4 is 17.3 Å². The molecule has 1 amide bonds. The fraction of sp³-hybridized carbons (Fsp3) is 0.208. The summed E-state index contributed by atoms with van der Waals surface area (Å²) in [6.45, 7) is 7.92. The molecule has 2 N–H and O–H groups in total. The van der Waals surface area contributed by atoms with E-state index in [9.17, 15) is 4.79 Å². The summed E-state index contributed by atoms with van der Waals surface area (Å²) in [4.78, 5) is 12.8. The number of aryl methyl sites for hydroxylation is 3. The van der Waals surface area contributed by atoms with E-state index in [1.54, 1.807) is 0 Å². The molecule has 4 heteroatoms. The molecular weight excluding hydrogens is 348 g/mol. The number of nitrogens with one attached hydrogen (secondary N) is 2. The minimum atomic E-state index is -0.430. The molecule has 0 aromatic heterocycles. The van der Waals surface area contributed by atoms with E-state index in [0.29, 0.717) is 5.75 Å². The first-order valence-electron chi connectivity index (χ1n) is 9.41. The van der Waals surface area contributed by atoms with Crippen molar-refractivity contribution in [1.82, 2.24) is 0 Å². The number of ether oxygens (including phenoxy) is 1. The molecule has 1 atom stereocenters. The molecule has 3 aromatic rings. The molecule has 0 aliphatic heterocycles. The average Bonchev–Trinajstić information content (AvgIpc) is 2.66. The second kappa shape index (κ2) is 8.61. The number of hydrogen-bond donors (Lipinski definition) is 2. The largest absolute Gasteiger partial charge is 0.455 e. The summed E-state index contributed by atoms with van der Waals surface area (Å²) < 4.78 is 5.97. The highest BCUT2D eigenvalue weighted by Gasteiger charge is 2.17. The van der Waals surface area contributed by atoms with Gasteiger partial charge in [0.1, 0.15) is 11.8 Å². The van der Waals surface area contributed by atoms with Crippen LogP contribution in [0.15, 0.2) is 66.7 Å². The summed E-state index contributed by atoms with van der Waals surface area (Å²) in [7, 11) is 0. The van der Waals surface area contributed by atoms with Gasteiger partial charge in [0.25, 0.3) is 0 Å². The number of carbonyl (C=O) groups is 1. The van der Waals surface area contributed by atoms with Gasteiger partial charge in [0.05, 0.1) is 5.69 Å². The SMILES string of the molecule is Cc1cc(C)c(NC(=O)[C@H](C)Nc2ccccc2Oc2ccccc2)c(C)c1. The Morgan fingerprint density at radius 3 is 2.18 bits per heavy atom. The fourth-order valence-electron chi connectivity index (χ4n) is 3.20. The number of carbonyl (C=O) groups excluding carboxylic acids is 1. The van der Waals surface area contributed by atoms with Gasteiger partial charge < -0.3 is 15.4 Å². The zero-order valence-corrected chi connectivity index (χ0v) is 16.7. The van der Waals surface area contributed by atoms with E-state index in [1.807, 2.05) is 75.4 Å². The van der Waals surface area contributed by atoms with Gasteiger partial charge in [-0.15, -0.1) is 0 Å². The maximum Gasteiger partial charge on any atom is 0.246 e. The molecule has 0 aliphatic carbocycles. The van der Waals surface area contributed by atoms with E-state index >= 15 is 0 Å². The van der Waals surface area contributed by atoms with E-state index < -0.39 is 6.04 Å². The third-order valence-corrected chi connectivity index (χ3v) is 4.55. The molecular formula is C24H26N2O2. The van der Waals surface area contributed by atoms with Gasteiger partial charge in [-0.3, -0.25) is 4.79 Å². The fourth-order valence-corrected chi connectivity index (χ4v) is 3.20. The average molecular weight is 374 g/mol. The van der Waals surface area contributed by atoms with Gasteiger partial charge in [0, 0.05) is 5.69 Å². The molecule has 3 aromatic carbocycles. The van der Waals surface area contributed by atoms with Crippen LogP contribution in [0.5, 0.6) is 11.5 Å². The van der Waals surface area contributed by atoms with Gasteiger partial charge in [0.15, 0.2) is 5.75 Å². The van der Waals surface area contributed by atoms with Gasteiger partial charge in [0.2, 0.25) is 5.91 Å². The summed E-state index contributed by atoms with van der Waals surface area (Å²) >= 11 is 0. The molecule has 0 radical (unpaired) electrons. The topological polar surface area (TPSA) is 50.4 Å². The van der Waals surface area contributed by atoms with Crippen LogP contribution in [0, 0.1) is 20.8 Å². The van der Waals surface area contributed by atoms with Crippen LogP contribution in [0.4, 0.5) is 11.4 Å². The highest BCUT2D eigenvalue weighted by atomic mass is 16.5. The molecule has 4 nitrogen and oxygen atoms in total. The van der Waals surface area contributed by atoms with Crippen molar-refractivity contribution in [2.24, 2.45) is 0 Å². The zero-order chi connectivity index (χ0) is 20.1. The molecule has 0 spiro atoms. The first-order chi connectivity index (χ1) is 13.4. The van der Waals surface area contributed by atoms with Gasteiger partial charge in [-0.1, -0.05) is 48.0 Å². The van der Waals surface area contributed by atoms with E-state index in [4.69, 9.17) is 4.74 Å². The molecule has 0 unspecified atom stereocenters. The van der Waals surface area contributed by atoms with Crippen LogP contribution in [-0.4, -0.2) is 11.9 Å². The van der Waals surface area contributed by atoms with Crippen LogP contribution < -0.4 is 15.4 Å². The molecule has 3 rings (SSSR count). The minimum absolute atomic E-state index is 0.0930. The third-order valence-electron chi connectivity index (χ3n) is 4.55. The Kier molecular flexibility index (Phi) is 5.99. The molecule has 0 fully saturated rings. The Balaban J connectivity index is 1.73. The normalized spacial score (nSPS) is 11.6. The summed E-state index contributed by atoms with van der Waals surface area (Å²) in [6, 6.07) is 20.9. The van der Waals surface area contributed by atoms with Crippen LogP contribution >= 0.6 is 0 Å². The predicted molar refractivity (Wildman–Crippen MR) is 115 cm³/mol. The van der Waals surface area contributed by atoms with Crippen LogP contribution in [0.25, 0.3) is 0 Å². The summed E-state index contributed by atoms with van der Waals surface area (Å²) in [6.07, 6.45) is 0. The van der Waals surface area contributed by atoms with Gasteiger partial charge in [-0.2, -0.15) is 0 Å². The third kappa shape index (κ3) is 4.71. The lowest BCUT2D eigenvalue weighted by atomic mass is 10.0. The highest BCUT2D eigenvalue weighted by molar-refractivity contribution is 5.97. The highest BCUT2D eigenvalue weighted by Crippen LogP contribution is 2.30. The smallest absolute Gasteiger partial charge is 0.246 e. The first-order valence-corrected chi connectivity index (χ1v) is 9.41. The Morgan fingerprint density at radius 2 is 1.50 bits per heavy atom. The van der Waals surface area contributed by atoms with Crippen LogP contribution in [0.3, 0.4) is 0 Å². The van der Waals surface area contributed by atoms with Crippen LogP contribution in [-0.2, 0) is 4.79 Å². The van der Waals surface area contributed by atoms with Crippen molar-refractivity contribution < 1.29 is 9.53 Å². The number of benzene rings is 3. The Labute approximate surface area is 166 Å². The predicted octanol–water partition coefficient (Wildman–Crippen LogP) is 5.84. The lowest BCUT2D eigenvalue weighted by Crippen LogP contribution is -2.32. The molecule has 144 valence electrons. The van der Waals surface area contributed by atoms with E-state index in [1.165, 1.54) is 5.56 Å². The van der Waals surface area contributed by atoms with E-state index in [0.717, 1.165) is 28.3 Å². The minimum Gasteiger partial charge on any atom is -0.455 e. The van der Waals surface area contributed by atoms with Gasteiger partial charge >= 0.3 is 0 Å². The number of para-hydroxylation sites is 3. The second-order valence-electron chi connectivity index (χ2n) is 7.04. The van der Waals surface area contributed by atoms with Crippen molar-refractivity contribution in [3.8, 4) is 11.5 Å². The molecule has 0 heterocycles. The quantitative estimate of drug-likeness (QED) is 0.569. The first kappa shape index (κ1) is 19.5. The number of rotatable bonds is 6. The molecule has 0 saturated carbocycles. The molecule has 28 heavy (non-hydrogen) atoms. The van der Waals surface area contributed by atoms with Crippen LogP contribution in [0.2, 0.25) is 0 Å². The Hall–Kier alpha value is -3.27. The lowest BCUT2D eigenvalue weighted by Gasteiger charge is -2.19. The zero-order valence-electron chi connectivity index (χ0n) is 16.7. The molecule has 0 saturated heterocycles.